The minimum absolute atomic E-state index is 0.0551. The number of carbonyl (C=O) groups excluding carboxylic acids is 1. The molecule has 0 saturated carbocycles. The van der Waals surface area contributed by atoms with Crippen LogP contribution < -0.4 is 10.6 Å². The number of sulfonamides is 1. The van der Waals surface area contributed by atoms with Crippen molar-refractivity contribution in [2.24, 2.45) is 4.40 Å². The van der Waals surface area contributed by atoms with Gasteiger partial charge in [0, 0.05) is 19.4 Å². The van der Waals surface area contributed by atoms with Crippen molar-refractivity contribution in [1.29, 1.82) is 0 Å². The van der Waals surface area contributed by atoms with E-state index in [4.69, 9.17) is 0 Å². The second-order valence-electron chi connectivity index (χ2n) is 6.96. The number of rotatable bonds is 6. The average molecular weight is 439 g/mol. The monoisotopic (exact) mass is 439 g/mol. The molecule has 1 aliphatic heterocycles. The van der Waals surface area contributed by atoms with Crippen molar-refractivity contribution in [2.75, 3.05) is 11.9 Å². The lowest BCUT2D eigenvalue weighted by Crippen LogP contribution is -2.29. The van der Waals surface area contributed by atoms with Gasteiger partial charge in [0.2, 0.25) is 5.91 Å². The van der Waals surface area contributed by atoms with E-state index in [-0.39, 0.29) is 41.1 Å². The maximum Gasteiger partial charge on any atom is 0.416 e. The zero-order valence-corrected chi connectivity index (χ0v) is 16.8. The smallest absolute Gasteiger partial charge is 0.355 e. The van der Waals surface area contributed by atoms with Crippen molar-refractivity contribution >= 4 is 27.5 Å². The molecule has 3 rings (SSSR count). The summed E-state index contributed by atoms with van der Waals surface area (Å²) < 4.78 is 66.8. The van der Waals surface area contributed by atoms with Gasteiger partial charge in [-0.05, 0) is 29.7 Å². The predicted octanol–water partition coefficient (Wildman–Crippen LogP) is 3.92. The molecule has 0 aromatic heterocycles. The van der Waals surface area contributed by atoms with E-state index in [2.05, 4.69) is 15.0 Å². The number of halogens is 3. The number of amides is 1. The van der Waals surface area contributed by atoms with E-state index in [1.807, 2.05) is 37.3 Å². The van der Waals surface area contributed by atoms with Crippen LogP contribution in [0.3, 0.4) is 0 Å². The van der Waals surface area contributed by atoms with Gasteiger partial charge < -0.3 is 10.6 Å². The van der Waals surface area contributed by atoms with E-state index >= 15 is 0 Å². The Bertz CT molecular complexity index is 1070. The van der Waals surface area contributed by atoms with Crippen LogP contribution in [-0.4, -0.2) is 26.7 Å². The van der Waals surface area contributed by atoms with Crippen molar-refractivity contribution in [3.63, 3.8) is 0 Å². The summed E-state index contributed by atoms with van der Waals surface area (Å²) in [5, 5.41) is 5.37. The molecule has 0 unspecified atom stereocenters. The minimum Gasteiger partial charge on any atom is -0.355 e. The number of benzene rings is 2. The van der Waals surface area contributed by atoms with Gasteiger partial charge in [0.25, 0.3) is 10.0 Å². The molecule has 2 aromatic carbocycles. The molecule has 10 heteroatoms. The molecule has 0 saturated heterocycles. The third-order valence-corrected chi connectivity index (χ3v) is 6.03. The fourth-order valence-corrected chi connectivity index (χ4v) is 4.15. The molecule has 1 atom stereocenters. The molecule has 0 spiro atoms. The molecular weight excluding hydrogens is 419 g/mol. The van der Waals surface area contributed by atoms with Crippen LogP contribution in [0.4, 0.5) is 18.9 Å². The van der Waals surface area contributed by atoms with Crippen molar-refractivity contribution in [1.82, 2.24) is 5.32 Å². The van der Waals surface area contributed by atoms with E-state index in [0.29, 0.717) is 12.6 Å². The Morgan fingerprint density at radius 1 is 1.17 bits per heavy atom. The Kier molecular flexibility index (Phi) is 6.16. The highest BCUT2D eigenvalue weighted by Crippen LogP contribution is 2.35. The van der Waals surface area contributed by atoms with Crippen LogP contribution in [0, 0.1) is 0 Å². The third kappa shape index (κ3) is 5.18. The summed E-state index contributed by atoms with van der Waals surface area (Å²) in [6.07, 6.45) is -4.72. The van der Waals surface area contributed by atoms with Crippen LogP contribution in [0.1, 0.15) is 36.8 Å². The van der Waals surface area contributed by atoms with E-state index in [1.54, 1.807) is 0 Å². The molecule has 0 bridgehead atoms. The van der Waals surface area contributed by atoms with Crippen molar-refractivity contribution in [3.05, 3.63) is 59.7 Å². The zero-order valence-electron chi connectivity index (χ0n) is 16.0. The number of alkyl halides is 3. The highest BCUT2D eigenvalue weighted by atomic mass is 32.2. The van der Waals surface area contributed by atoms with Crippen LogP contribution in [0.25, 0.3) is 0 Å². The van der Waals surface area contributed by atoms with E-state index in [0.717, 1.165) is 17.7 Å². The lowest BCUT2D eigenvalue weighted by Gasteiger charge is -2.20. The Labute approximate surface area is 172 Å². The van der Waals surface area contributed by atoms with Gasteiger partial charge in [0.15, 0.2) is 0 Å². The molecule has 30 heavy (non-hydrogen) atoms. The van der Waals surface area contributed by atoms with Crippen LogP contribution >= 0.6 is 0 Å². The molecule has 1 amide bonds. The summed E-state index contributed by atoms with van der Waals surface area (Å²) in [5.41, 5.74) is -0.106. The molecule has 0 radical (unpaired) electrons. The lowest BCUT2D eigenvalue weighted by molar-refractivity contribution is -0.137. The number of amidine groups is 1. The largest absolute Gasteiger partial charge is 0.416 e. The Morgan fingerprint density at radius 3 is 2.53 bits per heavy atom. The van der Waals surface area contributed by atoms with Gasteiger partial charge in [0.05, 0.1) is 11.3 Å². The van der Waals surface area contributed by atoms with Crippen LogP contribution in [-0.2, 0) is 21.0 Å². The first-order chi connectivity index (χ1) is 14.1. The number of anilines is 1. The Hall–Kier alpha value is -2.88. The first-order valence-electron chi connectivity index (χ1n) is 9.20. The molecule has 0 aliphatic carbocycles. The Morgan fingerprint density at radius 2 is 1.87 bits per heavy atom. The van der Waals surface area contributed by atoms with Crippen LogP contribution in [0.2, 0.25) is 0 Å². The molecule has 1 aliphatic rings. The van der Waals surface area contributed by atoms with Crippen LogP contribution in [0.5, 0.6) is 0 Å². The number of carbonyl (C=O) groups is 1. The number of hydrogen-bond donors (Lipinski definition) is 2. The first-order valence-corrected chi connectivity index (χ1v) is 10.6. The van der Waals surface area contributed by atoms with Gasteiger partial charge >= 0.3 is 6.18 Å². The molecule has 0 fully saturated rings. The second-order valence-corrected chi connectivity index (χ2v) is 8.54. The topological polar surface area (TPSA) is 87.6 Å². The van der Waals surface area contributed by atoms with Gasteiger partial charge in [-0.3, -0.25) is 4.79 Å². The van der Waals surface area contributed by atoms with Crippen molar-refractivity contribution < 1.29 is 26.4 Å². The van der Waals surface area contributed by atoms with Crippen molar-refractivity contribution in [3.8, 4) is 0 Å². The van der Waals surface area contributed by atoms with Gasteiger partial charge in [-0.2, -0.15) is 21.6 Å². The van der Waals surface area contributed by atoms with Crippen molar-refractivity contribution in [2.45, 2.75) is 36.8 Å². The van der Waals surface area contributed by atoms with E-state index in [9.17, 15) is 26.4 Å². The molecule has 6 nitrogen and oxygen atoms in total. The highest BCUT2D eigenvalue weighted by molar-refractivity contribution is 7.90. The zero-order chi connectivity index (χ0) is 21.9. The van der Waals surface area contributed by atoms with Gasteiger partial charge in [0.1, 0.15) is 10.7 Å². The molecule has 1 heterocycles. The SMILES string of the molecule is C[C@H](CNC(=O)CCC1=NS(=O)(=O)c2ccc(C(F)(F)F)cc2N1)c1ccccc1. The van der Waals surface area contributed by atoms with Gasteiger partial charge in [-0.25, -0.2) is 0 Å². The summed E-state index contributed by atoms with van der Waals surface area (Å²) in [4.78, 5) is 11.8. The molecular formula is C20H20F3N3O3S. The maximum absolute atomic E-state index is 12.9. The number of nitrogens with one attached hydrogen (secondary N) is 2. The fraction of sp³-hybridized carbons (Fsp3) is 0.300. The number of nitrogens with zero attached hydrogens (tertiary/aromatic N) is 1. The molecule has 2 aromatic rings. The number of hydrogen-bond acceptors (Lipinski definition) is 4. The first kappa shape index (κ1) is 21.8. The molecule has 2 N–H and O–H groups in total. The normalized spacial score (nSPS) is 16.1. The summed E-state index contributed by atoms with van der Waals surface area (Å²) in [6.45, 7) is 2.36. The van der Waals surface area contributed by atoms with E-state index < -0.39 is 21.8 Å². The van der Waals surface area contributed by atoms with E-state index in [1.165, 1.54) is 0 Å². The second kappa shape index (κ2) is 8.47. The average Bonchev–Trinajstić information content (AvgIpc) is 2.69. The predicted molar refractivity (Wildman–Crippen MR) is 107 cm³/mol. The summed E-state index contributed by atoms with van der Waals surface area (Å²) in [7, 11) is -4.14. The van der Waals surface area contributed by atoms with Gasteiger partial charge in [-0.15, -0.1) is 4.40 Å². The highest BCUT2D eigenvalue weighted by Gasteiger charge is 2.33. The number of fused-ring (bicyclic) bond motifs is 1. The van der Waals surface area contributed by atoms with Gasteiger partial charge in [-0.1, -0.05) is 37.3 Å². The summed E-state index contributed by atoms with van der Waals surface area (Å²) in [6, 6.07) is 11.9. The molecule has 160 valence electrons. The Balaban J connectivity index is 1.61. The minimum atomic E-state index is -4.61. The lowest BCUT2D eigenvalue weighted by atomic mass is 10.0. The standard InChI is InChI=1S/C20H20F3N3O3S/c1-13(14-5-3-2-4-6-14)12-24-19(27)10-9-18-25-16-11-15(20(21,22)23)7-8-17(16)30(28,29)26-18/h2-8,11,13H,9-10,12H2,1H3,(H,24,27)(H,25,26)/t13-/m1/s1. The summed E-state index contributed by atoms with van der Waals surface area (Å²) in [5.74, 6) is -0.295. The maximum atomic E-state index is 12.9. The third-order valence-electron chi connectivity index (χ3n) is 4.66. The summed E-state index contributed by atoms with van der Waals surface area (Å²) >= 11 is 0. The van der Waals surface area contributed by atoms with Crippen LogP contribution in [0.15, 0.2) is 57.8 Å². The quantitative estimate of drug-likeness (QED) is 0.714. The fourth-order valence-electron chi connectivity index (χ4n) is 3.00.